The Morgan fingerprint density at radius 3 is 2.19 bits per heavy atom. The van der Waals surface area contributed by atoms with Gasteiger partial charge in [0, 0.05) is 12.6 Å². The third-order valence-corrected chi connectivity index (χ3v) is 5.04. The van der Waals surface area contributed by atoms with Crippen molar-refractivity contribution >= 4 is 0 Å². The summed E-state index contributed by atoms with van der Waals surface area (Å²) in [6.45, 7) is 1.01. The minimum Gasteiger partial charge on any atom is -0.310 e. The molecule has 2 aromatic rings. The maximum Gasteiger partial charge on any atom is 0.0208 e. The van der Waals surface area contributed by atoms with Gasteiger partial charge >= 0.3 is 0 Å². The van der Waals surface area contributed by atoms with Crippen molar-refractivity contribution in [3.8, 4) is 22.3 Å². The first-order valence-electron chi connectivity index (χ1n) is 8.38. The Morgan fingerprint density at radius 1 is 0.762 bits per heavy atom. The third-order valence-electron chi connectivity index (χ3n) is 5.04. The molecule has 0 aliphatic heterocycles. The second-order valence-electron chi connectivity index (χ2n) is 6.49. The molecule has 4 rings (SSSR count). The Kier molecular flexibility index (Phi) is 3.52. The zero-order valence-corrected chi connectivity index (χ0v) is 12.6. The fourth-order valence-corrected chi connectivity index (χ4v) is 3.80. The van der Waals surface area contributed by atoms with Gasteiger partial charge in [-0.1, -0.05) is 62.1 Å². The van der Waals surface area contributed by atoms with E-state index in [0.29, 0.717) is 0 Å². The van der Waals surface area contributed by atoms with E-state index in [9.17, 15) is 0 Å². The molecule has 0 spiro atoms. The Hall–Kier alpha value is -1.60. The number of rotatable bonds is 3. The molecule has 1 fully saturated rings. The number of benzene rings is 2. The maximum absolute atomic E-state index is 3.77. The minimum absolute atomic E-state index is 0.728. The van der Waals surface area contributed by atoms with E-state index in [-0.39, 0.29) is 0 Å². The fourth-order valence-electron chi connectivity index (χ4n) is 3.80. The lowest BCUT2D eigenvalue weighted by Gasteiger charge is -2.25. The van der Waals surface area contributed by atoms with E-state index in [1.165, 1.54) is 66.3 Å². The van der Waals surface area contributed by atoms with Gasteiger partial charge in [0.25, 0.3) is 0 Å². The van der Waals surface area contributed by atoms with Gasteiger partial charge < -0.3 is 5.32 Å². The molecule has 2 aromatic carbocycles. The van der Waals surface area contributed by atoms with Crippen molar-refractivity contribution < 1.29 is 0 Å². The van der Waals surface area contributed by atoms with E-state index >= 15 is 0 Å². The van der Waals surface area contributed by atoms with Crippen LogP contribution in [0.4, 0.5) is 0 Å². The molecule has 0 amide bonds. The van der Waals surface area contributed by atoms with Gasteiger partial charge in [0.1, 0.15) is 0 Å². The predicted molar refractivity (Wildman–Crippen MR) is 89.2 cm³/mol. The summed E-state index contributed by atoms with van der Waals surface area (Å²) in [6, 6.07) is 16.4. The van der Waals surface area contributed by atoms with Crippen molar-refractivity contribution in [1.29, 1.82) is 0 Å². The molecule has 1 N–H and O–H groups in total. The van der Waals surface area contributed by atoms with Crippen molar-refractivity contribution in [2.45, 2.75) is 51.1 Å². The van der Waals surface area contributed by atoms with Crippen molar-refractivity contribution in [3.05, 3.63) is 48.0 Å². The summed E-state index contributed by atoms with van der Waals surface area (Å²) in [5.41, 5.74) is 7.11. The standard InChI is InChI=1S/C20H23N/c1-2-4-8-16(7-3-1)21-14-15-11-12-19-17-9-5-6-10-18(17)20(19)13-15/h5-6,9-13,16,21H,1-4,7-8,14H2. The quantitative estimate of drug-likeness (QED) is 0.653. The summed E-state index contributed by atoms with van der Waals surface area (Å²) in [6.07, 6.45) is 8.35. The van der Waals surface area contributed by atoms with Crippen LogP contribution >= 0.6 is 0 Å². The zero-order chi connectivity index (χ0) is 14.1. The number of fused-ring (bicyclic) bond motifs is 4. The monoisotopic (exact) mass is 277 g/mol. The molecule has 1 nitrogen and oxygen atoms in total. The molecule has 0 saturated heterocycles. The van der Waals surface area contributed by atoms with Crippen LogP contribution in [0.2, 0.25) is 0 Å². The van der Waals surface area contributed by atoms with Gasteiger partial charge in [-0.25, -0.2) is 0 Å². The first-order valence-corrected chi connectivity index (χ1v) is 8.38. The highest BCUT2D eigenvalue weighted by atomic mass is 14.9. The van der Waals surface area contributed by atoms with E-state index in [1.54, 1.807) is 0 Å². The van der Waals surface area contributed by atoms with Crippen LogP contribution in [0, 0.1) is 0 Å². The average molecular weight is 277 g/mol. The normalized spacial score (nSPS) is 17.5. The summed E-state index contributed by atoms with van der Waals surface area (Å²) in [7, 11) is 0. The molecule has 0 bridgehead atoms. The molecular formula is C20H23N. The highest BCUT2D eigenvalue weighted by Crippen LogP contribution is 2.46. The van der Waals surface area contributed by atoms with Crippen LogP contribution in [0.3, 0.4) is 0 Å². The molecule has 21 heavy (non-hydrogen) atoms. The molecule has 0 radical (unpaired) electrons. The van der Waals surface area contributed by atoms with Crippen molar-refractivity contribution in [3.63, 3.8) is 0 Å². The Labute approximate surface area is 127 Å². The van der Waals surface area contributed by atoms with Crippen molar-refractivity contribution in [2.75, 3.05) is 0 Å². The largest absolute Gasteiger partial charge is 0.310 e. The first kappa shape index (κ1) is 13.1. The zero-order valence-electron chi connectivity index (χ0n) is 12.6. The van der Waals surface area contributed by atoms with E-state index < -0.39 is 0 Å². The van der Waals surface area contributed by atoms with E-state index in [1.807, 2.05) is 0 Å². The Balaban J connectivity index is 1.44. The molecule has 2 aliphatic rings. The molecule has 0 unspecified atom stereocenters. The molecule has 0 atom stereocenters. The Bertz CT molecular complexity index is 636. The summed E-state index contributed by atoms with van der Waals surface area (Å²) < 4.78 is 0. The molecule has 0 aromatic heterocycles. The van der Waals surface area contributed by atoms with Crippen molar-refractivity contribution in [1.82, 2.24) is 5.32 Å². The third kappa shape index (κ3) is 2.51. The van der Waals surface area contributed by atoms with Crippen molar-refractivity contribution in [2.24, 2.45) is 0 Å². The predicted octanol–water partition coefficient (Wildman–Crippen LogP) is 5.15. The maximum atomic E-state index is 3.77. The lowest BCUT2D eigenvalue weighted by atomic mass is 9.80. The van der Waals surface area contributed by atoms with Crippen LogP contribution in [0.1, 0.15) is 44.1 Å². The SMILES string of the molecule is c1ccc2c(c1)-c1ccc(CNC3CCCCCC3)cc1-2. The van der Waals surface area contributed by atoms with Crippen LogP contribution in [-0.4, -0.2) is 6.04 Å². The first-order chi connectivity index (χ1) is 10.4. The number of hydrogen-bond acceptors (Lipinski definition) is 1. The second-order valence-corrected chi connectivity index (χ2v) is 6.49. The highest BCUT2D eigenvalue weighted by molar-refractivity contribution is 6.02. The second kappa shape index (κ2) is 5.65. The van der Waals surface area contributed by atoms with Crippen LogP contribution < -0.4 is 5.32 Å². The minimum atomic E-state index is 0.728. The molecule has 1 saturated carbocycles. The number of hydrogen-bond donors (Lipinski definition) is 1. The van der Waals surface area contributed by atoms with Gasteiger partial charge in [-0.05, 0) is 46.7 Å². The summed E-state index contributed by atoms with van der Waals surface area (Å²) in [5.74, 6) is 0. The van der Waals surface area contributed by atoms with E-state index in [4.69, 9.17) is 0 Å². The smallest absolute Gasteiger partial charge is 0.0208 e. The lowest BCUT2D eigenvalue weighted by molar-refractivity contribution is 0.459. The average Bonchev–Trinajstić information content (AvgIpc) is 2.79. The van der Waals surface area contributed by atoms with Gasteiger partial charge in [-0.3, -0.25) is 0 Å². The fraction of sp³-hybridized carbons (Fsp3) is 0.400. The molecule has 2 aliphatic carbocycles. The lowest BCUT2D eigenvalue weighted by Crippen LogP contribution is -2.27. The molecular weight excluding hydrogens is 254 g/mol. The van der Waals surface area contributed by atoms with Gasteiger partial charge in [0.2, 0.25) is 0 Å². The molecule has 1 heteroatoms. The Morgan fingerprint density at radius 2 is 1.43 bits per heavy atom. The van der Waals surface area contributed by atoms with Gasteiger partial charge in [0.05, 0.1) is 0 Å². The molecule has 108 valence electrons. The number of nitrogens with one attached hydrogen (secondary N) is 1. The van der Waals surface area contributed by atoms with E-state index in [0.717, 1.165) is 12.6 Å². The van der Waals surface area contributed by atoms with Crippen LogP contribution in [0.5, 0.6) is 0 Å². The van der Waals surface area contributed by atoms with Gasteiger partial charge in [0.15, 0.2) is 0 Å². The van der Waals surface area contributed by atoms with Crippen LogP contribution in [0.25, 0.3) is 22.3 Å². The summed E-state index contributed by atoms with van der Waals surface area (Å²) in [4.78, 5) is 0. The topological polar surface area (TPSA) is 12.0 Å². The summed E-state index contributed by atoms with van der Waals surface area (Å²) in [5, 5.41) is 3.77. The van der Waals surface area contributed by atoms with Gasteiger partial charge in [-0.15, -0.1) is 0 Å². The molecule has 0 heterocycles. The highest BCUT2D eigenvalue weighted by Gasteiger charge is 2.21. The summed E-state index contributed by atoms with van der Waals surface area (Å²) >= 11 is 0. The van der Waals surface area contributed by atoms with Crippen LogP contribution in [0.15, 0.2) is 42.5 Å². The van der Waals surface area contributed by atoms with Crippen LogP contribution in [-0.2, 0) is 6.54 Å². The van der Waals surface area contributed by atoms with E-state index in [2.05, 4.69) is 47.8 Å². The van der Waals surface area contributed by atoms with Gasteiger partial charge in [-0.2, -0.15) is 0 Å².